The Kier molecular flexibility index (Phi) is 6.96. The van der Waals surface area contributed by atoms with E-state index in [4.69, 9.17) is 10.5 Å². The van der Waals surface area contributed by atoms with Gasteiger partial charge in [-0.3, -0.25) is 14.6 Å². The van der Waals surface area contributed by atoms with Crippen molar-refractivity contribution in [2.75, 3.05) is 23.4 Å². The lowest BCUT2D eigenvalue weighted by Gasteiger charge is -2.34. The summed E-state index contributed by atoms with van der Waals surface area (Å²) in [6.45, 7) is 0.443. The van der Waals surface area contributed by atoms with Crippen molar-refractivity contribution in [1.82, 2.24) is 0 Å². The monoisotopic (exact) mass is 484 g/mol. The molecule has 0 aliphatic carbocycles. The summed E-state index contributed by atoms with van der Waals surface area (Å²) in [6, 6.07) is 9.00. The van der Waals surface area contributed by atoms with Crippen LogP contribution in [-0.4, -0.2) is 48.1 Å². The number of nitrogens with zero attached hydrogens (tertiary/aromatic N) is 2. The molecule has 0 bridgehead atoms. The van der Waals surface area contributed by atoms with Crippen LogP contribution in [0.1, 0.15) is 16.7 Å². The molecule has 0 radical (unpaired) electrons. The summed E-state index contributed by atoms with van der Waals surface area (Å²) < 4.78 is 43.6. The van der Waals surface area contributed by atoms with Gasteiger partial charge in [-0.05, 0) is 48.0 Å². The van der Waals surface area contributed by atoms with Crippen molar-refractivity contribution in [3.63, 3.8) is 0 Å². The minimum atomic E-state index is -4.50. The molecule has 2 heterocycles. The number of morpholine rings is 1. The van der Waals surface area contributed by atoms with Gasteiger partial charge in [0.2, 0.25) is 0 Å². The molecular formula is C21H20ClF3N4O4. The maximum Gasteiger partial charge on any atom is 0.416 e. The fourth-order valence-corrected chi connectivity index (χ4v) is 3.58. The number of aliphatic hydroxyl groups excluding tert-OH is 1. The molecule has 176 valence electrons. The molecule has 1 saturated heterocycles. The van der Waals surface area contributed by atoms with Crippen molar-refractivity contribution in [1.29, 1.82) is 0 Å². The number of rotatable bonds is 4. The average molecular weight is 485 g/mol. The van der Waals surface area contributed by atoms with Gasteiger partial charge < -0.3 is 25.8 Å². The first-order valence-corrected chi connectivity index (χ1v) is 9.67. The van der Waals surface area contributed by atoms with Gasteiger partial charge in [-0.15, -0.1) is 12.4 Å². The number of amides is 2. The first-order chi connectivity index (χ1) is 15.1. The predicted molar refractivity (Wildman–Crippen MR) is 116 cm³/mol. The van der Waals surface area contributed by atoms with E-state index in [1.165, 1.54) is 4.90 Å². The fourth-order valence-electron chi connectivity index (χ4n) is 3.58. The molecule has 2 aliphatic heterocycles. The Morgan fingerprint density at radius 2 is 1.94 bits per heavy atom. The van der Waals surface area contributed by atoms with Crippen molar-refractivity contribution in [2.24, 2.45) is 10.7 Å². The van der Waals surface area contributed by atoms with Crippen LogP contribution in [0.15, 0.2) is 47.5 Å². The van der Waals surface area contributed by atoms with Crippen molar-refractivity contribution >= 4 is 41.4 Å². The second kappa shape index (κ2) is 9.38. The molecule has 12 heteroatoms. The fraction of sp³-hybridized carbons (Fsp3) is 0.286. The van der Waals surface area contributed by atoms with Gasteiger partial charge in [-0.25, -0.2) is 0 Å². The standard InChI is InChI=1S/C21H19F3N4O4.ClH/c22-21(23,24)12-1-4-14(5-2-12)28-7-8-32-17(20(28)31)16(29)19(30)27-13-3-6-15-11(9-13)10-26-18(15)25;/h1-6,9,16-17,29H,7-8,10H2,(H2,25,26)(H,27,30);1H/t16-,17-;/m1./s1. The average Bonchev–Trinajstić information content (AvgIpc) is 3.13. The molecule has 2 amide bonds. The van der Waals surface area contributed by atoms with Gasteiger partial charge in [-0.1, -0.05) is 0 Å². The quantitative estimate of drug-likeness (QED) is 0.614. The van der Waals surface area contributed by atoms with Crippen molar-refractivity contribution in [2.45, 2.75) is 24.9 Å². The second-order valence-electron chi connectivity index (χ2n) is 7.33. The third-order valence-corrected chi connectivity index (χ3v) is 5.25. The lowest BCUT2D eigenvalue weighted by molar-refractivity contribution is -0.150. The number of carbonyl (C=O) groups excluding carboxylic acids is 2. The van der Waals surface area contributed by atoms with Crippen LogP contribution in [0.25, 0.3) is 0 Å². The Morgan fingerprint density at radius 3 is 2.61 bits per heavy atom. The molecule has 0 spiro atoms. The highest BCUT2D eigenvalue weighted by Crippen LogP contribution is 2.31. The largest absolute Gasteiger partial charge is 0.416 e. The lowest BCUT2D eigenvalue weighted by atomic mass is 10.1. The molecule has 0 saturated carbocycles. The number of carbonyl (C=O) groups is 2. The summed E-state index contributed by atoms with van der Waals surface area (Å²) >= 11 is 0. The third kappa shape index (κ3) is 4.95. The maximum atomic E-state index is 12.8. The molecular weight excluding hydrogens is 465 g/mol. The number of nitrogens with one attached hydrogen (secondary N) is 1. The van der Waals surface area contributed by atoms with Gasteiger partial charge in [0, 0.05) is 23.5 Å². The number of hydrogen-bond donors (Lipinski definition) is 3. The maximum absolute atomic E-state index is 12.8. The molecule has 2 aliphatic rings. The Hall–Kier alpha value is -3.15. The van der Waals surface area contributed by atoms with Crippen LogP contribution in [0.3, 0.4) is 0 Å². The van der Waals surface area contributed by atoms with Crippen LogP contribution >= 0.6 is 12.4 Å². The van der Waals surface area contributed by atoms with E-state index >= 15 is 0 Å². The van der Waals surface area contributed by atoms with Gasteiger partial charge in [-0.2, -0.15) is 13.2 Å². The molecule has 2 atom stereocenters. The number of halogens is 4. The van der Waals surface area contributed by atoms with Gasteiger partial charge in [0.25, 0.3) is 11.8 Å². The van der Waals surface area contributed by atoms with Gasteiger partial charge in [0.1, 0.15) is 5.84 Å². The summed E-state index contributed by atoms with van der Waals surface area (Å²) in [6.07, 6.45) is -7.83. The van der Waals surface area contributed by atoms with E-state index in [0.717, 1.165) is 35.4 Å². The lowest BCUT2D eigenvalue weighted by Crippen LogP contribution is -2.55. The Bertz CT molecular complexity index is 1090. The van der Waals surface area contributed by atoms with E-state index in [1.807, 2.05) is 0 Å². The highest BCUT2D eigenvalue weighted by Gasteiger charge is 2.39. The van der Waals surface area contributed by atoms with Gasteiger partial charge in [0.15, 0.2) is 12.2 Å². The summed E-state index contributed by atoms with van der Waals surface area (Å²) in [5.74, 6) is -1.18. The minimum Gasteiger partial charge on any atom is -0.383 e. The van der Waals surface area contributed by atoms with Crippen molar-refractivity contribution in [3.8, 4) is 0 Å². The first-order valence-electron chi connectivity index (χ1n) is 9.67. The van der Waals surface area contributed by atoms with Crippen LogP contribution in [0.4, 0.5) is 24.5 Å². The molecule has 8 nitrogen and oxygen atoms in total. The van der Waals surface area contributed by atoms with E-state index < -0.39 is 35.8 Å². The van der Waals surface area contributed by atoms with E-state index in [0.29, 0.717) is 18.1 Å². The number of aliphatic imine (C=N–C) groups is 1. The Labute approximate surface area is 192 Å². The van der Waals surface area contributed by atoms with Crippen LogP contribution in [0.2, 0.25) is 0 Å². The van der Waals surface area contributed by atoms with Crippen molar-refractivity contribution in [3.05, 3.63) is 59.2 Å². The number of aliphatic hydroxyl groups is 1. The number of benzene rings is 2. The zero-order valence-electron chi connectivity index (χ0n) is 17.0. The number of ether oxygens (including phenoxy) is 1. The Balaban J connectivity index is 0.00000306. The molecule has 0 aromatic heterocycles. The first kappa shape index (κ1) is 24.5. The third-order valence-electron chi connectivity index (χ3n) is 5.25. The normalized spacial score (nSPS) is 18.8. The summed E-state index contributed by atoms with van der Waals surface area (Å²) in [7, 11) is 0. The van der Waals surface area contributed by atoms with Crippen molar-refractivity contribution < 1.29 is 32.6 Å². The van der Waals surface area contributed by atoms with Gasteiger partial charge in [0.05, 0.1) is 18.7 Å². The second-order valence-corrected chi connectivity index (χ2v) is 7.33. The SMILES string of the molecule is Cl.NC1=NCc2cc(NC(=O)[C@H](O)[C@H]3OCCN(c4ccc(C(F)(F)F)cc4)C3=O)ccc21. The molecule has 2 aromatic carbocycles. The molecule has 33 heavy (non-hydrogen) atoms. The molecule has 4 N–H and O–H groups in total. The zero-order chi connectivity index (χ0) is 23.0. The highest BCUT2D eigenvalue weighted by molar-refractivity contribution is 6.04. The number of alkyl halides is 3. The van der Waals surface area contributed by atoms with Crippen LogP contribution in [-0.2, 0) is 27.0 Å². The predicted octanol–water partition coefficient (Wildman–Crippen LogP) is 2.08. The minimum absolute atomic E-state index is 0. The van der Waals surface area contributed by atoms with Crippen LogP contribution in [0.5, 0.6) is 0 Å². The molecule has 1 fully saturated rings. The van der Waals surface area contributed by atoms with E-state index in [2.05, 4.69) is 10.3 Å². The zero-order valence-corrected chi connectivity index (χ0v) is 17.8. The van der Waals surface area contributed by atoms with E-state index in [-0.39, 0.29) is 31.2 Å². The topological polar surface area (TPSA) is 117 Å². The highest BCUT2D eigenvalue weighted by atomic mass is 35.5. The van der Waals surface area contributed by atoms with E-state index in [9.17, 15) is 27.9 Å². The summed E-state index contributed by atoms with van der Waals surface area (Å²) in [4.78, 5) is 30.6. The van der Waals surface area contributed by atoms with Crippen LogP contribution < -0.4 is 16.0 Å². The van der Waals surface area contributed by atoms with Gasteiger partial charge >= 0.3 is 6.18 Å². The number of hydrogen-bond acceptors (Lipinski definition) is 6. The Morgan fingerprint density at radius 1 is 1.24 bits per heavy atom. The number of fused-ring (bicyclic) bond motifs is 1. The number of amidine groups is 1. The molecule has 4 rings (SSSR count). The molecule has 2 aromatic rings. The molecule has 0 unspecified atom stereocenters. The smallest absolute Gasteiger partial charge is 0.383 e. The number of anilines is 2. The van der Waals surface area contributed by atoms with E-state index in [1.54, 1.807) is 18.2 Å². The number of nitrogens with two attached hydrogens (primary N) is 1. The summed E-state index contributed by atoms with van der Waals surface area (Å²) in [5, 5.41) is 13.0. The summed E-state index contributed by atoms with van der Waals surface area (Å²) in [5.41, 5.74) is 7.09. The van der Waals surface area contributed by atoms with Crippen LogP contribution in [0, 0.1) is 0 Å².